The monoisotopic (exact) mass is 271 g/mol. The number of primary amides is 1. The van der Waals surface area contributed by atoms with Crippen LogP contribution in [0.15, 0.2) is 5.38 Å². The molecule has 3 N–H and O–H groups in total. The molecule has 0 aliphatic carbocycles. The highest BCUT2D eigenvalue weighted by Gasteiger charge is 2.07. The summed E-state index contributed by atoms with van der Waals surface area (Å²) in [4.78, 5) is 25.8. The molecule has 1 aromatic rings. The quantitative estimate of drug-likeness (QED) is 0.541. The van der Waals surface area contributed by atoms with E-state index in [0.29, 0.717) is 12.1 Å². The van der Waals surface area contributed by atoms with Crippen molar-refractivity contribution in [2.45, 2.75) is 25.7 Å². The number of aromatic nitrogens is 1. The number of nitrogens with zero attached hydrogens (tertiary/aromatic N) is 1. The van der Waals surface area contributed by atoms with E-state index in [1.807, 2.05) is 5.38 Å². The van der Waals surface area contributed by atoms with Crippen LogP contribution in [0.2, 0.25) is 0 Å². The van der Waals surface area contributed by atoms with Gasteiger partial charge in [0.1, 0.15) is 0 Å². The van der Waals surface area contributed by atoms with Gasteiger partial charge in [0.2, 0.25) is 5.91 Å². The van der Waals surface area contributed by atoms with Crippen molar-refractivity contribution in [3.63, 3.8) is 0 Å². The van der Waals surface area contributed by atoms with Crippen LogP contribution in [0.1, 0.15) is 25.0 Å². The van der Waals surface area contributed by atoms with Gasteiger partial charge in [-0.15, -0.1) is 11.3 Å². The molecule has 0 atom stereocenters. The van der Waals surface area contributed by atoms with Gasteiger partial charge in [0.05, 0.1) is 19.2 Å². The van der Waals surface area contributed by atoms with Crippen molar-refractivity contribution in [3.8, 4) is 0 Å². The summed E-state index contributed by atoms with van der Waals surface area (Å²) in [6.45, 7) is 0.735. The van der Waals surface area contributed by atoms with Crippen molar-refractivity contribution in [1.29, 1.82) is 0 Å². The summed E-state index contributed by atoms with van der Waals surface area (Å²) in [6.07, 6.45) is 2.22. The third kappa shape index (κ3) is 5.62. The molecule has 0 aromatic carbocycles. The van der Waals surface area contributed by atoms with Crippen molar-refractivity contribution in [1.82, 2.24) is 4.98 Å². The minimum atomic E-state index is -0.298. The number of hydrogen-bond acceptors (Lipinski definition) is 6. The molecule has 1 heterocycles. The zero-order valence-electron chi connectivity index (χ0n) is 10.3. The van der Waals surface area contributed by atoms with Gasteiger partial charge in [-0.1, -0.05) is 0 Å². The lowest BCUT2D eigenvalue weighted by molar-refractivity contribution is -0.139. The highest BCUT2D eigenvalue weighted by atomic mass is 32.1. The van der Waals surface area contributed by atoms with E-state index in [1.54, 1.807) is 0 Å². The zero-order valence-corrected chi connectivity index (χ0v) is 11.1. The van der Waals surface area contributed by atoms with Crippen LogP contribution < -0.4 is 11.1 Å². The number of thiazole rings is 1. The molecule has 0 unspecified atom stereocenters. The maximum absolute atomic E-state index is 11.0. The topological polar surface area (TPSA) is 94.3 Å². The molecule has 18 heavy (non-hydrogen) atoms. The molecule has 0 fully saturated rings. The molecule has 0 aliphatic rings. The first-order valence-electron chi connectivity index (χ1n) is 5.65. The summed E-state index contributed by atoms with van der Waals surface area (Å²) in [5, 5.41) is 5.73. The first-order chi connectivity index (χ1) is 8.61. The molecule has 0 saturated carbocycles. The second kappa shape index (κ2) is 7.65. The molecule has 1 amide bonds. The molecule has 6 nitrogen and oxygen atoms in total. The molecular weight excluding hydrogens is 254 g/mol. The number of hydrogen-bond donors (Lipinski definition) is 2. The molecule has 1 aromatic heterocycles. The van der Waals surface area contributed by atoms with Crippen LogP contribution in [0.4, 0.5) is 5.13 Å². The predicted octanol–water partition coefficient (Wildman–Crippen LogP) is 0.926. The van der Waals surface area contributed by atoms with Crippen LogP contribution in [-0.4, -0.2) is 30.5 Å². The highest BCUT2D eigenvalue weighted by Crippen LogP contribution is 2.16. The Morgan fingerprint density at radius 3 is 2.94 bits per heavy atom. The zero-order chi connectivity index (χ0) is 13.4. The summed E-state index contributed by atoms with van der Waals surface area (Å²) < 4.78 is 4.56. The molecular formula is C11H17N3O3S. The number of methoxy groups -OCH3 is 1. The Kier molecular flexibility index (Phi) is 6.13. The highest BCUT2D eigenvalue weighted by molar-refractivity contribution is 7.13. The van der Waals surface area contributed by atoms with Crippen LogP contribution >= 0.6 is 11.3 Å². The fourth-order valence-corrected chi connectivity index (χ4v) is 2.05. The van der Waals surface area contributed by atoms with E-state index in [9.17, 15) is 9.59 Å². The smallest absolute Gasteiger partial charge is 0.311 e. The van der Waals surface area contributed by atoms with Crippen molar-refractivity contribution in [3.05, 3.63) is 11.1 Å². The van der Waals surface area contributed by atoms with Gasteiger partial charge in [-0.3, -0.25) is 9.59 Å². The van der Waals surface area contributed by atoms with E-state index >= 15 is 0 Å². The number of carbonyl (C=O) groups excluding carboxylic acids is 2. The minimum absolute atomic E-state index is 0.191. The van der Waals surface area contributed by atoms with Gasteiger partial charge in [0.15, 0.2) is 5.13 Å². The fourth-order valence-electron chi connectivity index (χ4n) is 1.31. The summed E-state index contributed by atoms with van der Waals surface area (Å²) in [7, 11) is 1.35. The van der Waals surface area contributed by atoms with Gasteiger partial charge in [0, 0.05) is 18.3 Å². The van der Waals surface area contributed by atoms with Gasteiger partial charge in [-0.05, 0) is 12.8 Å². The summed E-state index contributed by atoms with van der Waals surface area (Å²) in [5.41, 5.74) is 5.74. The normalized spacial score (nSPS) is 10.1. The van der Waals surface area contributed by atoms with Crippen molar-refractivity contribution in [2.24, 2.45) is 5.73 Å². The summed E-state index contributed by atoms with van der Waals surface area (Å²) in [6, 6.07) is 0. The number of carbonyl (C=O) groups is 2. The van der Waals surface area contributed by atoms with Crippen LogP contribution in [0, 0.1) is 0 Å². The number of nitrogens with one attached hydrogen (secondary N) is 1. The summed E-state index contributed by atoms with van der Waals surface area (Å²) in [5.74, 6) is -0.571. The largest absolute Gasteiger partial charge is 0.469 e. The Morgan fingerprint density at radius 2 is 2.28 bits per heavy atom. The van der Waals surface area contributed by atoms with E-state index in [0.717, 1.165) is 24.5 Å². The maximum Gasteiger partial charge on any atom is 0.311 e. The van der Waals surface area contributed by atoms with E-state index in [1.165, 1.54) is 18.4 Å². The third-order valence-corrected chi connectivity index (χ3v) is 3.08. The van der Waals surface area contributed by atoms with Crippen LogP contribution in [0.5, 0.6) is 0 Å². The van der Waals surface area contributed by atoms with Crippen molar-refractivity contribution >= 4 is 28.3 Å². The van der Waals surface area contributed by atoms with Crippen molar-refractivity contribution in [2.75, 3.05) is 19.0 Å². The van der Waals surface area contributed by atoms with Gasteiger partial charge in [-0.2, -0.15) is 0 Å². The SMILES string of the molecule is COC(=O)Cc1csc(NCCCCC(N)=O)n1. The molecule has 7 heteroatoms. The van der Waals surface area contributed by atoms with Gasteiger partial charge >= 0.3 is 5.97 Å². The number of amides is 1. The fraction of sp³-hybridized carbons (Fsp3) is 0.545. The lowest BCUT2D eigenvalue weighted by Crippen LogP contribution is -2.11. The Labute approximate surface area is 110 Å². The average Bonchev–Trinajstić information content (AvgIpc) is 2.75. The van der Waals surface area contributed by atoms with Gasteiger partial charge < -0.3 is 15.8 Å². The second-order valence-corrected chi connectivity index (χ2v) is 4.61. The van der Waals surface area contributed by atoms with Gasteiger partial charge in [0.25, 0.3) is 0 Å². The number of ether oxygens (including phenoxy) is 1. The van der Waals surface area contributed by atoms with E-state index in [-0.39, 0.29) is 18.3 Å². The molecule has 100 valence electrons. The first kappa shape index (κ1) is 14.4. The van der Waals surface area contributed by atoms with Crippen molar-refractivity contribution < 1.29 is 14.3 Å². The number of esters is 1. The van der Waals surface area contributed by atoms with E-state index in [2.05, 4.69) is 15.0 Å². The number of rotatable bonds is 8. The first-order valence-corrected chi connectivity index (χ1v) is 6.53. The summed E-state index contributed by atoms with van der Waals surface area (Å²) >= 11 is 1.44. The molecule has 1 rings (SSSR count). The number of unbranched alkanes of at least 4 members (excludes halogenated alkanes) is 1. The molecule has 0 bridgehead atoms. The Bertz CT molecular complexity index is 406. The molecule has 0 radical (unpaired) electrons. The number of nitrogens with two attached hydrogens (primary N) is 1. The van der Waals surface area contributed by atoms with Crippen LogP contribution in [-0.2, 0) is 20.7 Å². The third-order valence-electron chi connectivity index (χ3n) is 2.23. The van der Waals surface area contributed by atoms with Gasteiger partial charge in [-0.25, -0.2) is 4.98 Å². The standard InChI is InChI=1S/C11H17N3O3S/c1-17-10(16)6-8-7-18-11(14-8)13-5-3-2-4-9(12)15/h7H,2-6H2,1H3,(H2,12,15)(H,13,14). The molecule has 0 spiro atoms. The second-order valence-electron chi connectivity index (χ2n) is 3.75. The maximum atomic E-state index is 11.0. The van der Waals surface area contributed by atoms with E-state index < -0.39 is 0 Å². The Hall–Kier alpha value is -1.63. The lowest BCUT2D eigenvalue weighted by Gasteiger charge is -2.01. The Morgan fingerprint density at radius 1 is 1.50 bits per heavy atom. The average molecular weight is 271 g/mol. The van der Waals surface area contributed by atoms with Crippen LogP contribution in [0.3, 0.4) is 0 Å². The minimum Gasteiger partial charge on any atom is -0.469 e. The van der Waals surface area contributed by atoms with E-state index in [4.69, 9.17) is 5.73 Å². The Balaban J connectivity index is 2.23. The lowest BCUT2D eigenvalue weighted by atomic mass is 10.2. The predicted molar refractivity (Wildman–Crippen MR) is 69.4 cm³/mol. The number of anilines is 1. The van der Waals surface area contributed by atoms with Crippen LogP contribution in [0.25, 0.3) is 0 Å². The molecule has 0 aliphatic heterocycles. The molecule has 0 saturated heterocycles.